The monoisotopic (exact) mass is 348 g/mol. The Morgan fingerprint density at radius 3 is 2.75 bits per heavy atom. The third-order valence-corrected chi connectivity index (χ3v) is 3.71. The Morgan fingerprint density at radius 2 is 1.95 bits per heavy atom. The average Bonchev–Trinajstić information content (AvgIpc) is 2.87. The summed E-state index contributed by atoms with van der Waals surface area (Å²) in [6.07, 6.45) is 0. The van der Waals surface area contributed by atoms with Gasteiger partial charge in [0.2, 0.25) is 5.82 Å². The number of tetrazole rings is 1. The highest BCUT2D eigenvalue weighted by atomic mass is 79.9. The van der Waals surface area contributed by atoms with Crippen molar-refractivity contribution in [2.45, 2.75) is 6.54 Å². The Bertz CT molecular complexity index is 741. The molecule has 0 spiro atoms. The highest BCUT2D eigenvalue weighted by Gasteiger charge is 2.09. The van der Waals surface area contributed by atoms with E-state index in [4.69, 9.17) is 11.6 Å². The van der Waals surface area contributed by atoms with Gasteiger partial charge in [0.05, 0.1) is 6.54 Å². The predicted molar refractivity (Wildman–Crippen MR) is 81.5 cm³/mol. The van der Waals surface area contributed by atoms with E-state index in [-0.39, 0.29) is 0 Å². The van der Waals surface area contributed by atoms with Crippen molar-refractivity contribution in [2.75, 3.05) is 0 Å². The maximum atomic E-state index is 5.96. The molecular weight excluding hydrogens is 340 g/mol. The van der Waals surface area contributed by atoms with E-state index in [0.29, 0.717) is 17.4 Å². The number of hydrogen-bond donors (Lipinski definition) is 0. The Labute approximate surface area is 129 Å². The second kappa shape index (κ2) is 5.73. The molecule has 0 saturated carbocycles. The van der Waals surface area contributed by atoms with Crippen molar-refractivity contribution in [3.8, 4) is 11.4 Å². The zero-order chi connectivity index (χ0) is 13.9. The summed E-state index contributed by atoms with van der Waals surface area (Å²) >= 11 is 9.45. The Balaban J connectivity index is 1.86. The van der Waals surface area contributed by atoms with Crippen LogP contribution >= 0.6 is 27.5 Å². The van der Waals surface area contributed by atoms with Gasteiger partial charge in [0.1, 0.15) is 0 Å². The van der Waals surface area contributed by atoms with E-state index in [1.54, 1.807) is 4.80 Å². The molecule has 0 aliphatic rings. The molecule has 3 rings (SSSR count). The number of rotatable bonds is 3. The van der Waals surface area contributed by atoms with Crippen LogP contribution in [0.2, 0.25) is 5.02 Å². The maximum Gasteiger partial charge on any atom is 0.206 e. The Hall–Kier alpha value is -1.72. The number of halogens is 2. The SMILES string of the molecule is Clc1cccc(Cn2nnc(-c3ccccc3Br)n2)c1. The van der Waals surface area contributed by atoms with Gasteiger partial charge in [-0.1, -0.05) is 51.8 Å². The molecule has 2 aromatic carbocycles. The van der Waals surface area contributed by atoms with Crippen molar-refractivity contribution in [3.05, 3.63) is 63.6 Å². The van der Waals surface area contributed by atoms with E-state index < -0.39 is 0 Å². The van der Waals surface area contributed by atoms with Crippen LogP contribution in [0.4, 0.5) is 0 Å². The molecule has 4 nitrogen and oxygen atoms in total. The summed E-state index contributed by atoms with van der Waals surface area (Å²) in [6, 6.07) is 15.4. The summed E-state index contributed by atoms with van der Waals surface area (Å²) in [5.41, 5.74) is 1.96. The van der Waals surface area contributed by atoms with Crippen LogP contribution in [-0.4, -0.2) is 20.2 Å². The van der Waals surface area contributed by atoms with E-state index in [2.05, 4.69) is 31.3 Å². The minimum absolute atomic E-state index is 0.540. The highest BCUT2D eigenvalue weighted by Crippen LogP contribution is 2.24. The molecule has 0 aliphatic heterocycles. The molecule has 1 heterocycles. The fraction of sp³-hybridized carbons (Fsp3) is 0.0714. The van der Waals surface area contributed by atoms with Crippen LogP contribution in [-0.2, 0) is 6.54 Å². The van der Waals surface area contributed by atoms with Crippen molar-refractivity contribution in [1.29, 1.82) is 0 Å². The van der Waals surface area contributed by atoms with Gasteiger partial charge in [0.25, 0.3) is 0 Å². The molecule has 0 radical (unpaired) electrons. The first kappa shape index (κ1) is 13.3. The quantitative estimate of drug-likeness (QED) is 0.722. The molecule has 0 unspecified atom stereocenters. The lowest BCUT2D eigenvalue weighted by atomic mass is 10.2. The van der Waals surface area contributed by atoms with Crippen LogP contribution in [0.25, 0.3) is 11.4 Å². The van der Waals surface area contributed by atoms with Gasteiger partial charge in [-0.15, -0.1) is 10.2 Å². The molecule has 0 aliphatic carbocycles. The fourth-order valence-electron chi connectivity index (χ4n) is 1.86. The van der Waals surface area contributed by atoms with Gasteiger partial charge in [0, 0.05) is 15.1 Å². The van der Waals surface area contributed by atoms with E-state index in [9.17, 15) is 0 Å². The molecule has 6 heteroatoms. The molecule has 20 heavy (non-hydrogen) atoms. The summed E-state index contributed by atoms with van der Waals surface area (Å²) in [5.74, 6) is 0.597. The average molecular weight is 350 g/mol. The van der Waals surface area contributed by atoms with E-state index in [0.717, 1.165) is 15.6 Å². The summed E-state index contributed by atoms with van der Waals surface area (Å²) in [4.78, 5) is 1.56. The van der Waals surface area contributed by atoms with Gasteiger partial charge in [-0.3, -0.25) is 0 Å². The first-order chi connectivity index (χ1) is 9.72. The van der Waals surface area contributed by atoms with Gasteiger partial charge in [-0.2, -0.15) is 4.80 Å². The highest BCUT2D eigenvalue weighted by molar-refractivity contribution is 9.10. The fourth-order valence-corrected chi connectivity index (χ4v) is 2.53. The Morgan fingerprint density at radius 1 is 1.10 bits per heavy atom. The van der Waals surface area contributed by atoms with E-state index in [1.807, 2.05) is 48.5 Å². The zero-order valence-corrected chi connectivity index (χ0v) is 12.7. The Kier molecular flexibility index (Phi) is 3.80. The molecule has 1 aromatic heterocycles. The van der Waals surface area contributed by atoms with Gasteiger partial charge in [0.15, 0.2) is 0 Å². The lowest BCUT2D eigenvalue weighted by Gasteiger charge is -2.00. The first-order valence-electron chi connectivity index (χ1n) is 5.99. The van der Waals surface area contributed by atoms with Gasteiger partial charge in [-0.25, -0.2) is 0 Å². The maximum absolute atomic E-state index is 5.96. The summed E-state index contributed by atoms with van der Waals surface area (Å²) in [5, 5.41) is 13.2. The zero-order valence-electron chi connectivity index (χ0n) is 10.4. The minimum atomic E-state index is 0.540. The number of aromatic nitrogens is 4. The summed E-state index contributed by atoms with van der Waals surface area (Å²) in [6.45, 7) is 0.540. The van der Waals surface area contributed by atoms with Crippen LogP contribution in [0.15, 0.2) is 53.0 Å². The molecule has 0 amide bonds. The van der Waals surface area contributed by atoms with Crippen LogP contribution in [0.1, 0.15) is 5.56 Å². The third kappa shape index (κ3) is 2.89. The lowest BCUT2D eigenvalue weighted by Crippen LogP contribution is -2.03. The topological polar surface area (TPSA) is 43.6 Å². The molecule has 0 bridgehead atoms. The molecular formula is C14H10BrClN4. The van der Waals surface area contributed by atoms with E-state index in [1.165, 1.54) is 0 Å². The molecule has 100 valence electrons. The normalized spacial score (nSPS) is 10.7. The number of benzene rings is 2. The largest absolute Gasteiger partial charge is 0.206 e. The van der Waals surface area contributed by atoms with Gasteiger partial charge >= 0.3 is 0 Å². The van der Waals surface area contributed by atoms with Crippen LogP contribution in [0.5, 0.6) is 0 Å². The molecule has 0 fully saturated rings. The third-order valence-electron chi connectivity index (χ3n) is 2.78. The van der Waals surface area contributed by atoms with Crippen LogP contribution in [0.3, 0.4) is 0 Å². The van der Waals surface area contributed by atoms with Gasteiger partial charge < -0.3 is 0 Å². The minimum Gasteiger partial charge on any atom is -0.159 e. The second-order valence-electron chi connectivity index (χ2n) is 4.25. The number of nitrogens with zero attached hydrogens (tertiary/aromatic N) is 4. The smallest absolute Gasteiger partial charge is 0.159 e. The van der Waals surface area contributed by atoms with Crippen LogP contribution in [0, 0.1) is 0 Å². The molecule has 0 N–H and O–H groups in total. The van der Waals surface area contributed by atoms with E-state index >= 15 is 0 Å². The second-order valence-corrected chi connectivity index (χ2v) is 5.54. The van der Waals surface area contributed by atoms with Crippen molar-refractivity contribution in [3.63, 3.8) is 0 Å². The van der Waals surface area contributed by atoms with Crippen molar-refractivity contribution < 1.29 is 0 Å². The molecule has 0 atom stereocenters. The van der Waals surface area contributed by atoms with Crippen molar-refractivity contribution in [2.24, 2.45) is 0 Å². The first-order valence-corrected chi connectivity index (χ1v) is 7.16. The standard InChI is InChI=1S/C14H10BrClN4/c15-13-7-2-1-6-12(13)14-17-19-20(18-14)9-10-4-3-5-11(16)8-10/h1-8H,9H2. The predicted octanol–water partition coefficient (Wildman–Crippen LogP) is 3.80. The van der Waals surface area contributed by atoms with Crippen molar-refractivity contribution in [1.82, 2.24) is 20.2 Å². The summed E-state index contributed by atoms with van der Waals surface area (Å²) in [7, 11) is 0. The van der Waals surface area contributed by atoms with Gasteiger partial charge in [-0.05, 0) is 35.0 Å². The van der Waals surface area contributed by atoms with Crippen molar-refractivity contribution >= 4 is 27.5 Å². The summed E-state index contributed by atoms with van der Waals surface area (Å²) < 4.78 is 0.947. The number of hydrogen-bond acceptors (Lipinski definition) is 3. The molecule has 0 saturated heterocycles. The van der Waals surface area contributed by atoms with Crippen LogP contribution < -0.4 is 0 Å². The lowest BCUT2D eigenvalue weighted by molar-refractivity contribution is 0.573. The molecule has 3 aromatic rings.